The second-order valence-electron chi connectivity index (χ2n) is 5.13. The molecule has 1 heterocycles. The third kappa shape index (κ3) is 2.52. The molecule has 2 heteroatoms. The highest BCUT2D eigenvalue weighted by molar-refractivity contribution is 5.33. The van der Waals surface area contributed by atoms with Crippen molar-refractivity contribution in [3.8, 4) is 0 Å². The summed E-state index contributed by atoms with van der Waals surface area (Å²) in [5.41, 5.74) is 2.42. The minimum atomic E-state index is -0.133. The van der Waals surface area contributed by atoms with Crippen molar-refractivity contribution in [2.24, 2.45) is 0 Å². The van der Waals surface area contributed by atoms with Crippen molar-refractivity contribution >= 4 is 0 Å². The van der Waals surface area contributed by atoms with Gasteiger partial charge in [0.1, 0.15) is 5.82 Å². The molecule has 94 valence electrons. The second kappa shape index (κ2) is 5.18. The number of aryl methyl sites for hydroxylation is 1. The van der Waals surface area contributed by atoms with Crippen LogP contribution in [0.15, 0.2) is 18.2 Å². The van der Waals surface area contributed by atoms with Gasteiger partial charge in [0.05, 0.1) is 0 Å². The predicted octanol–water partition coefficient (Wildman–Crippen LogP) is 3.90. The topological polar surface area (TPSA) is 12.0 Å². The molecule has 1 nitrogen and oxygen atoms in total. The fourth-order valence-electron chi connectivity index (χ4n) is 3.03. The predicted molar refractivity (Wildman–Crippen MR) is 69.6 cm³/mol. The zero-order valence-corrected chi connectivity index (χ0v) is 10.9. The number of rotatable bonds is 2. The van der Waals surface area contributed by atoms with Gasteiger partial charge in [-0.1, -0.05) is 25.8 Å². The molecule has 1 aliphatic heterocycles. The minimum absolute atomic E-state index is 0.0638. The first-order valence-corrected chi connectivity index (χ1v) is 6.69. The molecule has 1 fully saturated rings. The Morgan fingerprint density at radius 2 is 2.12 bits per heavy atom. The van der Waals surface area contributed by atoms with Gasteiger partial charge in [-0.2, -0.15) is 0 Å². The maximum absolute atomic E-state index is 13.2. The van der Waals surface area contributed by atoms with E-state index in [0.717, 1.165) is 24.9 Å². The zero-order chi connectivity index (χ0) is 12.3. The highest BCUT2D eigenvalue weighted by Gasteiger charge is 2.31. The summed E-state index contributed by atoms with van der Waals surface area (Å²) in [5.74, 6) is -0.133. The summed E-state index contributed by atoms with van der Waals surface area (Å²) < 4.78 is 13.2. The summed E-state index contributed by atoms with van der Waals surface area (Å²) in [7, 11) is 0. The molecule has 0 amide bonds. The number of nitrogens with one attached hydrogen (secondary N) is 1. The highest BCUT2D eigenvalue weighted by Crippen LogP contribution is 2.34. The summed E-state index contributed by atoms with van der Waals surface area (Å²) in [4.78, 5) is 0. The smallest absolute Gasteiger partial charge is 0.123 e. The van der Waals surface area contributed by atoms with E-state index in [9.17, 15) is 4.39 Å². The monoisotopic (exact) mass is 235 g/mol. The van der Waals surface area contributed by atoms with Crippen molar-refractivity contribution in [2.75, 3.05) is 6.54 Å². The van der Waals surface area contributed by atoms with E-state index in [1.807, 2.05) is 13.0 Å². The lowest BCUT2D eigenvalue weighted by molar-refractivity contribution is 0.310. The normalized spacial score (nSPS) is 25.6. The molecular weight excluding hydrogens is 213 g/mol. The van der Waals surface area contributed by atoms with Crippen molar-refractivity contribution in [1.29, 1.82) is 0 Å². The Kier molecular flexibility index (Phi) is 3.82. The average molecular weight is 235 g/mol. The van der Waals surface area contributed by atoms with Gasteiger partial charge in [0.2, 0.25) is 0 Å². The van der Waals surface area contributed by atoms with E-state index >= 15 is 0 Å². The lowest BCUT2D eigenvalue weighted by Gasteiger charge is -2.35. The Balaban J connectivity index is 2.38. The molecular formula is C15H22FN. The molecule has 1 saturated heterocycles. The van der Waals surface area contributed by atoms with Crippen LogP contribution in [0, 0.1) is 12.7 Å². The van der Waals surface area contributed by atoms with E-state index in [1.54, 1.807) is 12.1 Å². The van der Waals surface area contributed by atoms with Crippen LogP contribution in [0.25, 0.3) is 0 Å². The maximum Gasteiger partial charge on any atom is 0.123 e. The van der Waals surface area contributed by atoms with Gasteiger partial charge in [0.15, 0.2) is 0 Å². The van der Waals surface area contributed by atoms with Crippen molar-refractivity contribution in [3.05, 3.63) is 35.1 Å². The average Bonchev–Trinajstić information content (AvgIpc) is 2.55. The molecule has 0 aliphatic carbocycles. The lowest BCUT2D eigenvalue weighted by atomic mass is 9.81. The van der Waals surface area contributed by atoms with Gasteiger partial charge < -0.3 is 5.32 Å². The molecule has 1 aromatic carbocycles. The summed E-state index contributed by atoms with van der Waals surface area (Å²) in [6.45, 7) is 5.31. The van der Waals surface area contributed by atoms with Crippen LogP contribution in [-0.4, -0.2) is 6.54 Å². The molecule has 0 spiro atoms. The van der Waals surface area contributed by atoms with Crippen LogP contribution in [0.1, 0.15) is 50.2 Å². The third-order valence-electron chi connectivity index (χ3n) is 4.05. The summed E-state index contributed by atoms with van der Waals surface area (Å²) in [6, 6.07) is 5.21. The minimum Gasteiger partial charge on any atom is -0.307 e. The maximum atomic E-state index is 13.2. The zero-order valence-electron chi connectivity index (χ0n) is 10.9. The van der Waals surface area contributed by atoms with Crippen LogP contribution in [0.2, 0.25) is 0 Å². The van der Waals surface area contributed by atoms with E-state index in [4.69, 9.17) is 0 Å². The van der Waals surface area contributed by atoms with E-state index in [-0.39, 0.29) is 11.4 Å². The standard InChI is InChI=1S/C15H22FN/c1-3-15(9-5-4-6-10-17-15)14-8-7-13(16)11-12(14)2/h7-8,11,17H,3-6,9-10H2,1-2H3. The Bertz CT molecular complexity index is 379. The van der Waals surface area contributed by atoms with Crippen LogP contribution < -0.4 is 5.32 Å². The molecule has 0 saturated carbocycles. The van der Waals surface area contributed by atoms with E-state index in [2.05, 4.69) is 12.2 Å². The molecule has 1 aliphatic rings. The number of hydrogen-bond acceptors (Lipinski definition) is 1. The molecule has 1 atom stereocenters. The van der Waals surface area contributed by atoms with Crippen LogP contribution >= 0.6 is 0 Å². The SMILES string of the molecule is CCC1(c2ccc(F)cc2C)CCCCCN1. The number of hydrogen-bond donors (Lipinski definition) is 1. The van der Waals surface area contributed by atoms with Crippen molar-refractivity contribution in [3.63, 3.8) is 0 Å². The Morgan fingerprint density at radius 3 is 2.82 bits per heavy atom. The van der Waals surface area contributed by atoms with Gasteiger partial charge in [-0.05, 0) is 56.0 Å². The van der Waals surface area contributed by atoms with Crippen LogP contribution in [0.5, 0.6) is 0 Å². The molecule has 17 heavy (non-hydrogen) atoms. The second-order valence-corrected chi connectivity index (χ2v) is 5.13. The van der Waals surface area contributed by atoms with E-state index in [0.29, 0.717) is 0 Å². The van der Waals surface area contributed by atoms with Crippen LogP contribution in [-0.2, 0) is 5.54 Å². The van der Waals surface area contributed by atoms with Crippen molar-refractivity contribution in [1.82, 2.24) is 5.32 Å². The third-order valence-corrected chi connectivity index (χ3v) is 4.05. The van der Waals surface area contributed by atoms with Crippen molar-refractivity contribution in [2.45, 2.75) is 51.5 Å². The van der Waals surface area contributed by atoms with Crippen LogP contribution in [0.4, 0.5) is 4.39 Å². The molecule has 0 radical (unpaired) electrons. The molecule has 0 aromatic heterocycles. The summed E-state index contributed by atoms with van der Waals surface area (Å²) in [5, 5.41) is 3.70. The van der Waals surface area contributed by atoms with Gasteiger partial charge in [-0.15, -0.1) is 0 Å². The highest BCUT2D eigenvalue weighted by atomic mass is 19.1. The first kappa shape index (κ1) is 12.6. The van der Waals surface area contributed by atoms with Crippen molar-refractivity contribution < 1.29 is 4.39 Å². The van der Waals surface area contributed by atoms with Gasteiger partial charge in [-0.25, -0.2) is 4.39 Å². The first-order valence-electron chi connectivity index (χ1n) is 6.69. The molecule has 0 bridgehead atoms. The number of halogens is 1. The molecule has 2 rings (SSSR count). The number of benzene rings is 1. The molecule has 1 N–H and O–H groups in total. The van der Waals surface area contributed by atoms with Gasteiger partial charge in [-0.3, -0.25) is 0 Å². The summed E-state index contributed by atoms with van der Waals surface area (Å²) in [6.07, 6.45) is 6.05. The first-order chi connectivity index (χ1) is 8.18. The fourth-order valence-corrected chi connectivity index (χ4v) is 3.03. The van der Waals surface area contributed by atoms with Crippen LogP contribution in [0.3, 0.4) is 0 Å². The molecule has 1 aromatic rings. The Morgan fingerprint density at radius 1 is 1.29 bits per heavy atom. The Labute approximate surface area is 103 Å². The quantitative estimate of drug-likeness (QED) is 0.819. The van der Waals surface area contributed by atoms with E-state index < -0.39 is 0 Å². The molecule has 1 unspecified atom stereocenters. The Hall–Kier alpha value is -0.890. The summed E-state index contributed by atoms with van der Waals surface area (Å²) >= 11 is 0. The lowest BCUT2D eigenvalue weighted by Crippen LogP contribution is -2.41. The van der Waals surface area contributed by atoms with Gasteiger partial charge in [0, 0.05) is 5.54 Å². The van der Waals surface area contributed by atoms with E-state index in [1.165, 1.54) is 24.8 Å². The van der Waals surface area contributed by atoms with Gasteiger partial charge in [0.25, 0.3) is 0 Å². The fraction of sp³-hybridized carbons (Fsp3) is 0.600. The van der Waals surface area contributed by atoms with Gasteiger partial charge >= 0.3 is 0 Å². The largest absolute Gasteiger partial charge is 0.307 e.